The molecule has 0 aromatic heterocycles. The first-order valence-electron chi connectivity index (χ1n) is 3.81. The lowest BCUT2D eigenvalue weighted by Crippen LogP contribution is -1.92. The number of benzene rings is 1. The molecular formula is C10H11NO2. The third kappa shape index (κ3) is 2.39. The Labute approximate surface area is 77.1 Å². The molecule has 0 heterocycles. The molecule has 0 saturated heterocycles. The Bertz CT molecular complexity index is 350. The summed E-state index contributed by atoms with van der Waals surface area (Å²) in [5.41, 5.74) is 6.97. The van der Waals surface area contributed by atoms with E-state index in [1.807, 2.05) is 0 Å². The van der Waals surface area contributed by atoms with Crippen LogP contribution in [-0.4, -0.2) is 18.8 Å². The van der Waals surface area contributed by atoms with Crippen LogP contribution < -0.4 is 10.5 Å². The second-order valence-electron chi connectivity index (χ2n) is 2.42. The molecule has 3 N–H and O–H groups in total. The summed E-state index contributed by atoms with van der Waals surface area (Å²) in [6.07, 6.45) is 0. The molecule has 0 spiro atoms. The average Bonchev–Trinajstić information content (AvgIpc) is 2.15. The highest BCUT2D eigenvalue weighted by Crippen LogP contribution is 2.21. The summed E-state index contributed by atoms with van der Waals surface area (Å²) in [5, 5.41) is 8.47. The fourth-order valence-electron chi connectivity index (χ4n) is 0.954. The SMILES string of the molecule is COc1ccc(C#CCO)cc1N. The number of anilines is 1. The minimum absolute atomic E-state index is 0.147. The summed E-state index contributed by atoms with van der Waals surface area (Å²) in [5.74, 6) is 5.92. The lowest BCUT2D eigenvalue weighted by Gasteiger charge is -2.03. The summed E-state index contributed by atoms with van der Waals surface area (Å²) >= 11 is 0. The quantitative estimate of drug-likeness (QED) is 0.488. The van der Waals surface area contributed by atoms with E-state index in [4.69, 9.17) is 15.6 Å². The molecule has 0 aliphatic heterocycles. The molecule has 1 aromatic rings. The Hall–Kier alpha value is -1.66. The van der Waals surface area contributed by atoms with Crippen LogP contribution in [0.3, 0.4) is 0 Å². The van der Waals surface area contributed by atoms with Gasteiger partial charge in [-0.2, -0.15) is 0 Å². The minimum Gasteiger partial charge on any atom is -0.495 e. The van der Waals surface area contributed by atoms with Crippen molar-refractivity contribution >= 4 is 5.69 Å². The minimum atomic E-state index is -0.147. The van der Waals surface area contributed by atoms with E-state index >= 15 is 0 Å². The molecule has 3 nitrogen and oxygen atoms in total. The highest BCUT2D eigenvalue weighted by molar-refractivity contribution is 5.57. The first kappa shape index (κ1) is 9.43. The van der Waals surface area contributed by atoms with E-state index < -0.39 is 0 Å². The number of aliphatic hydroxyl groups is 1. The Morgan fingerprint density at radius 2 is 2.31 bits per heavy atom. The molecule has 68 valence electrons. The molecule has 0 bridgehead atoms. The smallest absolute Gasteiger partial charge is 0.141 e. The average molecular weight is 177 g/mol. The Morgan fingerprint density at radius 3 is 2.85 bits per heavy atom. The first-order valence-corrected chi connectivity index (χ1v) is 3.81. The fraction of sp³-hybridized carbons (Fsp3) is 0.200. The summed E-state index contributed by atoms with van der Waals surface area (Å²) in [7, 11) is 1.56. The van der Waals surface area contributed by atoms with Crippen molar-refractivity contribution in [1.82, 2.24) is 0 Å². The predicted octanol–water partition coefficient (Wildman–Crippen LogP) is 0.621. The van der Waals surface area contributed by atoms with Gasteiger partial charge in [0.2, 0.25) is 0 Å². The zero-order chi connectivity index (χ0) is 9.68. The largest absolute Gasteiger partial charge is 0.495 e. The standard InChI is InChI=1S/C10H11NO2/c1-13-10-5-4-8(3-2-6-12)7-9(10)11/h4-5,7,12H,6,11H2,1H3. The highest BCUT2D eigenvalue weighted by atomic mass is 16.5. The molecule has 1 aromatic carbocycles. The maximum absolute atomic E-state index is 8.47. The second-order valence-corrected chi connectivity index (χ2v) is 2.42. The van der Waals surface area contributed by atoms with E-state index in [2.05, 4.69) is 11.8 Å². The zero-order valence-electron chi connectivity index (χ0n) is 7.37. The van der Waals surface area contributed by atoms with Crippen molar-refractivity contribution in [2.75, 3.05) is 19.5 Å². The van der Waals surface area contributed by atoms with E-state index in [0.29, 0.717) is 11.4 Å². The van der Waals surface area contributed by atoms with Crippen molar-refractivity contribution in [3.05, 3.63) is 23.8 Å². The van der Waals surface area contributed by atoms with E-state index in [-0.39, 0.29) is 6.61 Å². The summed E-state index contributed by atoms with van der Waals surface area (Å²) in [6.45, 7) is -0.147. The monoisotopic (exact) mass is 177 g/mol. The molecule has 0 unspecified atom stereocenters. The van der Waals surface area contributed by atoms with Gasteiger partial charge >= 0.3 is 0 Å². The summed E-state index contributed by atoms with van der Waals surface area (Å²) < 4.78 is 4.98. The molecule has 0 radical (unpaired) electrons. The van der Waals surface area contributed by atoms with Crippen LogP contribution in [0.4, 0.5) is 5.69 Å². The van der Waals surface area contributed by atoms with Gasteiger partial charge in [0.1, 0.15) is 12.4 Å². The Kier molecular flexibility index (Phi) is 3.18. The number of ether oxygens (including phenoxy) is 1. The Morgan fingerprint density at radius 1 is 1.54 bits per heavy atom. The molecule has 0 saturated carbocycles. The number of hydrogen-bond donors (Lipinski definition) is 2. The van der Waals surface area contributed by atoms with Gasteiger partial charge in [-0.15, -0.1) is 0 Å². The topological polar surface area (TPSA) is 55.5 Å². The molecular weight excluding hydrogens is 166 g/mol. The lowest BCUT2D eigenvalue weighted by atomic mass is 10.2. The van der Waals surface area contributed by atoms with E-state index in [1.54, 1.807) is 25.3 Å². The van der Waals surface area contributed by atoms with Crippen molar-refractivity contribution in [1.29, 1.82) is 0 Å². The lowest BCUT2D eigenvalue weighted by molar-refractivity contribution is 0.350. The van der Waals surface area contributed by atoms with Crippen LogP contribution in [-0.2, 0) is 0 Å². The normalized spacial score (nSPS) is 8.77. The van der Waals surface area contributed by atoms with Crippen molar-refractivity contribution in [2.24, 2.45) is 0 Å². The van der Waals surface area contributed by atoms with Crippen molar-refractivity contribution < 1.29 is 9.84 Å². The van der Waals surface area contributed by atoms with Gasteiger partial charge in [0, 0.05) is 5.56 Å². The number of aliphatic hydroxyl groups excluding tert-OH is 1. The zero-order valence-corrected chi connectivity index (χ0v) is 7.37. The van der Waals surface area contributed by atoms with Crippen LogP contribution in [0.1, 0.15) is 5.56 Å². The van der Waals surface area contributed by atoms with Gasteiger partial charge < -0.3 is 15.6 Å². The van der Waals surface area contributed by atoms with E-state index in [9.17, 15) is 0 Å². The van der Waals surface area contributed by atoms with Gasteiger partial charge in [-0.1, -0.05) is 11.8 Å². The van der Waals surface area contributed by atoms with Gasteiger partial charge in [-0.05, 0) is 18.2 Å². The highest BCUT2D eigenvalue weighted by Gasteiger charge is 1.97. The number of hydrogen-bond acceptors (Lipinski definition) is 3. The fourth-order valence-corrected chi connectivity index (χ4v) is 0.954. The number of methoxy groups -OCH3 is 1. The third-order valence-corrected chi connectivity index (χ3v) is 1.54. The van der Waals surface area contributed by atoms with Crippen LogP contribution in [0.15, 0.2) is 18.2 Å². The van der Waals surface area contributed by atoms with Crippen LogP contribution in [0, 0.1) is 11.8 Å². The number of rotatable bonds is 1. The van der Waals surface area contributed by atoms with Gasteiger partial charge in [0.15, 0.2) is 0 Å². The van der Waals surface area contributed by atoms with Crippen LogP contribution >= 0.6 is 0 Å². The van der Waals surface area contributed by atoms with Gasteiger partial charge in [0.25, 0.3) is 0 Å². The molecule has 0 aliphatic carbocycles. The molecule has 1 rings (SSSR count). The maximum Gasteiger partial charge on any atom is 0.141 e. The van der Waals surface area contributed by atoms with Crippen molar-refractivity contribution in [3.63, 3.8) is 0 Å². The molecule has 13 heavy (non-hydrogen) atoms. The van der Waals surface area contributed by atoms with Crippen molar-refractivity contribution in [3.8, 4) is 17.6 Å². The van der Waals surface area contributed by atoms with Crippen molar-refractivity contribution in [2.45, 2.75) is 0 Å². The van der Waals surface area contributed by atoms with E-state index in [0.717, 1.165) is 5.56 Å². The summed E-state index contributed by atoms with van der Waals surface area (Å²) in [4.78, 5) is 0. The van der Waals surface area contributed by atoms with Crippen LogP contribution in [0.5, 0.6) is 5.75 Å². The van der Waals surface area contributed by atoms with Crippen LogP contribution in [0.2, 0.25) is 0 Å². The molecule has 0 atom stereocenters. The number of nitrogen functional groups attached to an aromatic ring is 1. The third-order valence-electron chi connectivity index (χ3n) is 1.54. The Balaban J connectivity index is 2.96. The van der Waals surface area contributed by atoms with E-state index in [1.165, 1.54) is 0 Å². The van der Waals surface area contributed by atoms with Gasteiger partial charge in [-0.3, -0.25) is 0 Å². The maximum atomic E-state index is 8.47. The molecule has 0 fully saturated rings. The number of nitrogens with two attached hydrogens (primary N) is 1. The molecule has 0 aliphatic rings. The predicted molar refractivity (Wildman–Crippen MR) is 51.4 cm³/mol. The molecule has 0 amide bonds. The van der Waals surface area contributed by atoms with Gasteiger partial charge in [0.05, 0.1) is 12.8 Å². The molecule has 3 heteroatoms. The second kappa shape index (κ2) is 4.39. The summed E-state index contributed by atoms with van der Waals surface area (Å²) in [6, 6.07) is 5.25. The van der Waals surface area contributed by atoms with Gasteiger partial charge in [-0.25, -0.2) is 0 Å². The first-order chi connectivity index (χ1) is 6.27. The van der Waals surface area contributed by atoms with Crippen LogP contribution in [0.25, 0.3) is 0 Å².